The number of hydrogen-bond acceptors (Lipinski definition) is 3. The van der Waals surface area contributed by atoms with E-state index in [0.717, 1.165) is 31.4 Å². The molecule has 0 atom stereocenters. The Kier molecular flexibility index (Phi) is 4.78. The quantitative estimate of drug-likeness (QED) is 0.780. The van der Waals surface area contributed by atoms with Crippen LogP contribution in [0.1, 0.15) is 36.9 Å². The molecule has 18 heavy (non-hydrogen) atoms. The van der Waals surface area contributed by atoms with Gasteiger partial charge in [0.2, 0.25) is 0 Å². The lowest BCUT2D eigenvalue weighted by atomic mass is 10.2. The molecule has 0 radical (unpaired) electrons. The summed E-state index contributed by atoms with van der Waals surface area (Å²) in [4.78, 5) is 2.51. The maximum Gasteiger partial charge on any atom is 0.0638 e. The Morgan fingerprint density at radius 2 is 2.17 bits per heavy atom. The van der Waals surface area contributed by atoms with Crippen molar-refractivity contribution >= 4 is 0 Å². The molecule has 0 unspecified atom stereocenters. The minimum absolute atomic E-state index is 0.826. The van der Waals surface area contributed by atoms with Gasteiger partial charge in [-0.2, -0.15) is 5.10 Å². The summed E-state index contributed by atoms with van der Waals surface area (Å²) < 4.78 is 1.89. The Bertz CT molecular complexity index is 366. The highest BCUT2D eigenvalue weighted by molar-refractivity contribution is 5.14. The average Bonchev–Trinajstić information content (AvgIpc) is 2.94. The zero-order valence-corrected chi connectivity index (χ0v) is 11.9. The zero-order chi connectivity index (χ0) is 13.0. The smallest absolute Gasteiger partial charge is 0.0638 e. The molecular formula is C14H26N4. The normalized spacial score (nSPS) is 16.9. The van der Waals surface area contributed by atoms with E-state index in [-0.39, 0.29) is 0 Å². The SMILES string of the molecule is Cc1nn(C)cc1CNCCN(C)C1CCCC1. The van der Waals surface area contributed by atoms with Crippen molar-refractivity contribution in [3.8, 4) is 0 Å². The van der Waals surface area contributed by atoms with Gasteiger partial charge in [-0.1, -0.05) is 12.8 Å². The number of nitrogens with zero attached hydrogens (tertiary/aromatic N) is 3. The van der Waals surface area contributed by atoms with Crippen molar-refractivity contribution in [1.29, 1.82) is 0 Å². The summed E-state index contributed by atoms with van der Waals surface area (Å²) in [5.41, 5.74) is 2.44. The second-order valence-corrected chi connectivity index (χ2v) is 5.51. The molecule has 4 nitrogen and oxygen atoms in total. The van der Waals surface area contributed by atoms with Gasteiger partial charge in [0.25, 0.3) is 0 Å². The standard InChI is InChI=1S/C14H26N4/c1-12-13(11-18(3)16-12)10-15-8-9-17(2)14-6-4-5-7-14/h11,14-15H,4-10H2,1-3H3. The average molecular weight is 250 g/mol. The molecule has 1 aromatic rings. The summed E-state index contributed by atoms with van der Waals surface area (Å²) in [5, 5.41) is 7.87. The van der Waals surface area contributed by atoms with Crippen LogP contribution in [0.3, 0.4) is 0 Å². The van der Waals surface area contributed by atoms with Crippen LogP contribution in [0.25, 0.3) is 0 Å². The molecule has 1 aliphatic rings. The summed E-state index contributed by atoms with van der Waals surface area (Å²) in [6, 6.07) is 0.826. The van der Waals surface area contributed by atoms with Crippen molar-refractivity contribution in [3.63, 3.8) is 0 Å². The molecule has 4 heteroatoms. The summed E-state index contributed by atoms with van der Waals surface area (Å²) >= 11 is 0. The fourth-order valence-electron chi connectivity index (χ4n) is 2.83. The predicted octanol–water partition coefficient (Wildman–Crippen LogP) is 1.69. The first kappa shape index (κ1) is 13.6. The molecule has 102 valence electrons. The topological polar surface area (TPSA) is 33.1 Å². The van der Waals surface area contributed by atoms with E-state index in [9.17, 15) is 0 Å². The molecule has 0 aromatic carbocycles. The molecule has 0 spiro atoms. The Hall–Kier alpha value is -0.870. The third-order valence-corrected chi connectivity index (χ3v) is 4.02. The van der Waals surface area contributed by atoms with Crippen LogP contribution in [0.5, 0.6) is 0 Å². The van der Waals surface area contributed by atoms with Crippen LogP contribution >= 0.6 is 0 Å². The van der Waals surface area contributed by atoms with Gasteiger partial charge in [0.05, 0.1) is 5.69 Å². The lowest BCUT2D eigenvalue weighted by Gasteiger charge is -2.23. The van der Waals surface area contributed by atoms with Crippen LogP contribution in [0.2, 0.25) is 0 Å². The molecule has 1 aliphatic carbocycles. The van der Waals surface area contributed by atoms with E-state index in [2.05, 4.69) is 35.5 Å². The first-order valence-corrected chi connectivity index (χ1v) is 7.07. The lowest BCUT2D eigenvalue weighted by Crippen LogP contribution is -2.35. The van der Waals surface area contributed by atoms with Crippen molar-refractivity contribution in [1.82, 2.24) is 20.0 Å². The first-order valence-electron chi connectivity index (χ1n) is 7.07. The zero-order valence-electron chi connectivity index (χ0n) is 11.9. The second-order valence-electron chi connectivity index (χ2n) is 5.51. The van der Waals surface area contributed by atoms with Crippen LogP contribution in [0.4, 0.5) is 0 Å². The molecule has 1 aromatic heterocycles. The maximum absolute atomic E-state index is 4.35. The van der Waals surface area contributed by atoms with E-state index in [0.29, 0.717) is 0 Å². The highest BCUT2D eigenvalue weighted by Gasteiger charge is 2.18. The molecule has 1 fully saturated rings. The van der Waals surface area contributed by atoms with Gasteiger partial charge in [-0.15, -0.1) is 0 Å². The van der Waals surface area contributed by atoms with Crippen molar-refractivity contribution in [2.24, 2.45) is 7.05 Å². The largest absolute Gasteiger partial charge is 0.311 e. The predicted molar refractivity (Wildman–Crippen MR) is 74.5 cm³/mol. The molecule has 2 rings (SSSR count). The summed E-state index contributed by atoms with van der Waals surface area (Å²) in [6.45, 7) is 5.20. The van der Waals surface area contributed by atoms with E-state index in [1.165, 1.54) is 31.2 Å². The van der Waals surface area contributed by atoms with Gasteiger partial charge in [-0.05, 0) is 26.8 Å². The van der Waals surface area contributed by atoms with Crippen molar-refractivity contribution < 1.29 is 0 Å². The Labute approximate surface area is 110 Å². The monoisotopic (exact) mass is 250 g/mol. The summed E-state index contributed by atoms with van der Waals surface area (Å²) in [7, 11) is 4.23. The van der Waals surface area contributed by atoms with E-state index >= 15 is 0 Å². The van der Waals surface area contributed by atoms with Gasteiger partial charge >= 0.3 is 0 Å². The molecule has 1 saturated carbocycles. The van der Waals surface area contributed by atoms with Crippen LogP contribution in [-0.4, -0.2) is 40.9 Å². The van der Waals surface area contributed by atoms with Gasteiger partial charge in [0, 0.05) is 44.5 Å². The number of rotatable bonds is 6. The third kappa shape index (κ3) is 3.56. The molecule has 0 bridgehead atoms. The van der Waals surface area contributed by atoms with Crippen LogP contribution in [-0.2, 0) is 13.6 Å². The van der Waals surface area contributed by atoms with Crippen LogP contribution in [0, 0.1) is 6.92 Å². The number of hydrogen-bond donors (Lipinski definition) is 1. The van der Waals surface area contributed by atoms with Crippen LogP contribution < -0.4 is 5.32 Å². The van der Waals surface area contributed by atoms with Crippen molar-refractivity contribution in [2.75, 3.05) is 20.1 Å². The van der Waals surface area contributed by atoms with Gasteiger partial charge in [-0.3, -0.25) is 4.68 Å². The molecule has 0 saturated heterocycles. The number of nitrogens with one attached hydrogen (secondary N) is 1. The number of aryl methyl sites for hydroxylation is 2. The minimum Gasteiger partial charge on any atom is -0.311 e. The highest BCUT2D eigenvalue weighted by Crippen LogP contribution is 2.21. The van der Waals surface area contributed by atoms with Crippen molar-refractivity contribution in [3.05, 3.63) is 17.5 Å². The van der Waals surface area contributed by atoms with E-state index in [1.54, 1.807) is 0 Å². The summed E-state index contributed by atoms with van der Waals surface area (Å²) in [5.74, 6) is 0. The van der Waals surface area contributed by atoms with Gasteiger partial charge < -0.3 is 10.2 Å². The summed E-state index contributed by atoms with van der Waals surface area (Å²) in [6.07, 6.45) is 7.70. The van der Waals surface area contributed by atoms with Gasteiger partial charge in [0.15, 0.2) is 0 Å². The fourth-order valence-corrected chi connectivity index (χ4v) is 2.83. The molecule has 0 aliphatic heterocycles. The number of aromatic nitrogens is 2. The number of likely N-dealkylation sites (N-methyl/N-ethyl adjacent to an activating group) is 1. The molecule has 1 N–H and O–H groups in total. The Morgan fingerprint density at radius 3 is 2.78 bits per heavy atom. The van der Waals surface area contributed by atoms with Gasteiger partial charge in [-0.25, -0.2) is 0 Å². The first-order chi connectivity index (χ1) is 8.66. The highest BCUT2D eigenvalue weighted by atomic mass is 15.3. The van der Waals surface area contributed by atoms with E-state index in [1.807, 2.05) is 11.7 Å². The third-order valence-electron chi connectivity index (χ3n) is 4.02. The van der Waals surface area contributed by atoms with E-state index < -0.39 is 0 Å². The molecule has 0 amide bonds. The van der Waals surface area contributed by atoms with Gasteiger partial charge in [0.1, 0.15) is 0 Å². The van der Waals surface area contributed by atoms with Crippen molar-refractivity contribution in [2.45, 2.75) is 45.2 Å². The lowest BCUT2D eigenvalue weighted by molar-refractivity contribution is 0.245. The molecular weight excluding hydrogens is 224 g/mol. The van der Waals surface area contributed by atoms with Crippen LogP contribution in [0.15, 0.2) is 6.20 Å². The second kappa shape index (κ2) is 6.34. The minimum atomic E-state index is 0.826. The fraction of sp³-hybridized carbons (Fsp3) is 0.786. The molecule has 1 heterocycles. The maximum atomic E-state index is 4.35. The Morgan fingerprint density at radius 1 is 1.44 bits per heavy atom. The Balaban J connectivity index is 1.65. The van der Waals surface area contributed by atoms with E-state index in [4.69, 9.17) is 0 Å².